The Morgan fingerprint density at radius 1 is 1.59 bits per heavy atom. The number of hydrazone groups is 1. The lowest BCUT2D eigenvalue weighted by atomic mass is 10.3. The van der Waals surface area contributed by atoms with E-state index in [1.807, 2.05) is 13.0 Å². The van der Waals surface area contributed by atoms with Crippen LogP contribution < -0.4 is 5.73 Å². The SMILES string of the molecule is CCC(N)/C(Cl)=N\N(C)C1=CCC=C(F)C=C1. The van der Waals surface area contributed by atoms with E-state index in [-0.39, 0.29) is 11.9 Å². The molecule has 0 amide bonds. The summed E-state index contributed by atoms with van der Waals surface area (Å²) in [6.45, 7) is 1.94. The fraction of sp³-hybridized carbons (Fsp3) is 0.417. The first-order chi connectivity index (χ1) is 8.04. The van der Waals surface area contributed by atoms with Gasteiger partial charge in [-0.1, -0.05) is 24.6 Å². The summed E-state index contributed by atoms with van der Waals surface area (Å²) in [5.74, 6) is -0.245. The average Bonchev–Trinajstić information content (AvgIpc) is 2.52. The Morgan fingerprint density at radius 2 is 2.29 bits per heavy atom. The number of hydrogen-bond acceptors (Lipinski definition) is 3. The number of allylic oxidation sites excluding steroid dienone is 5. The lowest BCUT2D eigenvalue weighted by Crippen LogP contribution is -2.27. The van der Waals surface area contributed by atoms with Crippen molar-refractivity contribution in [2.24, 2.45) is 10.8 Å². The van der Waals surface area contributed by atoms with Crippen LogP contribution in [0.5, 0.6) is 0 Å². The van der Waals surface area contributed by atoms with Gasteiger partial charge in [0.05, 0.1) is 11.7 Å². The molecule has 0 aromatic carbocycles. The second-order valence-electron chi connectivity index (χ2n) is 3.75. The number of nitrogens with zero attached hydrogens (tertiary/aromatic N) is 2. The molecule has 3 nitrogen and oxygen atoms in total. The summed E-state index contributed by atoms with van der Waals surface area (Å²) in [5.41, 5.74) is 6.54. The van der Waals surface area contributed by atoms with Crippen LogP contribution in [0.1, 0.15) is 19.8 Å². The summed E-state index contributed by atoms with van der Waals surface area (Å²) in [7, 11) is 1.75. The van der Waals surface area contributed by atoms with Crippen LogP contribution in [-0.4, -0.2) is 23.3 Å². The van der Waals surface area contributed by atoms with E-state index in [2.05, 4.69) is 5.10 Å². The molecule has 17 heavy (non-hydrogen) atoms. The molecule has 0 aromatic heterocycles. The van der Waals surface area contributed by atoms with Gasteiger partial charge in [-0.15, -0.1) is 0 Å². The molecular formula is C12H17ClFN3. The number of nitrogens with two attached hydrogens (primary N) is 1. The molecule has 1 aliphatic carbocycles. The number of rotatable bonds is 4. The predicted octanol–water partition coefficient (Wildman–Crippen LogP) is 2.91. The van der Waals surface area contributed by atoms with Crippen LogP contribution in [0.15, 0.2) is 40.9 Å². The van der Waals surface area contributed by atoms with Crippen LogP contribution >= 0.6 is 11.6 Å². The number of likely N-dealkylation sites (N-methyl/N-ethyl adjacent to an activating group) is 1. The first-order valence-corrected chi connectivity index (χ1v) is 5.89. The quantitative estimate of drug-likeness (QED) is 0.622. The molecule has 94 valence electrons. The molecule has 5 heteroatoms. The average molecular weight is 258 g/mol. The van der Waals surface area contributed by atoms with Gasteiger partial charge in [0.15, 0.2) is 0 Å². The van der Waals surface area contributed by atoms with E-state index in [1.54, 1.807) is 18.1 Å². The van der Waals surface area contributed by atoms with Gasteiger partial charge in [-0.25, -0.2) is 4.39 Å². The third kappa shape index (κ3) is 4.32. The zero-order chi connectivity index (χ0) is 12.8. The molecule has 1 rings (SSSR count). The van der Waals surface area contributed by atoms with Crippen molar-refractivity contribution < 1.29 is 4.39 Å². The van der Waals surface area contributed by atoms with Gasteiger partial charge in [-0.2, -0.15) is 5.10 Å². The van der Waals surface area contributed by atoms with Crippen molar-refractivity contribution in [3.63, 3.8) is 0 Å². The minimum Gasteiger partial charge on any atom is -0.322 e. The summed E-state index contributed by atoms with van der Waals surface area (Å²) < 4.78 is 13.0. The monoisotopic (exact) mass is 257 g/mol. The van der Waals surface area contributed by atoms with E-state index in [0.717, 1.165) is 12.1 Å². The highest BCUT2D eigenvalue weighted by atomic mass is 35.5. The van der Waals surface area contributed by atoms with Gasteiger partial charge in [0.2, 0.25) is 0 Å². The molecule has 0 fully saturated rings. The van der Waals surface area contributed by atoms with Gasteiger partial charge < -0.3 is 5.73 Å². The summed E-state index contributed by atoms with van der Waals surface area (Å²) in [5, 5.41) is 6.11. The Kier molecular flexibility index (Phi) is 5.38. The minimum absolute atomic E-state index is 0.245. The van der Waals surface area contributed by atoms with Crippen LogP contribution in [0.2, 0.25) is 0 Å². The maximum Gasteiger partial charge on any atom is 0.143 e. The van der Waals surface area contributed by atoms with E-state index < -0.39 is 0 Å². The molecule has 0 radical (unpaired) electrons. The second kappa shape index (κ2) is 6.57. The minimum atomic E-state index is -0.260. The van der Waals surface area contributed by atoms with E-state index in [4.69, 9.17) is 17.3 Å². The lowest BCUT2D eigenvalue weighted by Gasteiger charge is -2.16. The molecule has 1 atom stereocenters. The van der Waals surface area contributed by atoms with E-state index in [1.165, 1.54) is 12.2 Å². The third-order valence-corrected chi connectivity index (χ3v) is 2.77. The van der Waals surface area contributed by atoms with Crippen LogP contribution in [0.25, 0.3) is 0 Å². The van der Waals surface area contributed by atoms with Crippen molar-refractivity contribution in [3.05, 3.63) is 35.8 Å². The number of halogens is 2. The first-order valence-electron chi connectivity index (χ1n) is 5.51. The molecule has 0 saturated heterocycles. The smallest absolute Gasteiger partial charge is 0.143 e. The van der Waals surface area contributed by atoms with E-state index >= 15 is 0 Å². The molecule has 0 aromatic rings. The highest BCUT2D eigenvalue weighted by Crippen LogP contribution is 2.14. The van der Waals surface area contributed by atoms with Crippen molar-refractivity contribution in [1.82, 2.24) is 5.01 Å². The normalized spacial score (nSPS) is 18.3. The largest absolute Gasteiger partial charge is 0.322 e. The van der Waals surface area contributed by atoms with Crippen LogP contribution in [0.3, 0.4) is 0 Å². The standard InChI is InChI=1S/C12H17ClFN3/c1-3-11(15)12(13)16-17(2)10-6-4-5-9(14)7-8-10/h5-8,11H,3-4,15H2,1-2H3/b16-12+. The molecule has 0 heterocycles. The highest BCUT2D eigenvalue weighted by molar-refractivity contribution is 6.66. The molecule has 0 aliphatic heterocycles. The molecular weight excluding hydrogens is 241 g/mol. The van der Waals surface area contributed by atoms with Crippen LogP contribution in [-0.2, 0) is 0 Å². The number of hydrogen-bond donors (Lipinski definition) is 1. The molecule has 1 unspecified atom stereocenters. The zero-order valence-electron chi connectivity index (χ0n) is 10.0. The van der Waals surface area contributed by atoms with Gasteiger partial charge in [-0.3, -0.25) is 5.01 Å². The molecule has 0 saturated carbocycles. The molecule has 2 N–H and O–H groups in total. The predicted molar refractivity (Wildman–Crippen MR) is 70.3 cm³/mol. The summed E-state index contributed by atoms with van der Waals surface area (Å²) in [6.07, 6.45) is 7.68. The Bertz CT molecular complexity index is 385. The maximum atomic E-state index is 13.0. The Balaban J connectivity index is 2.75. The highest BCUT2D eigenvalue weighted by Gasteiger charge is 2.08. The lowest BCUT2D eigenvalue weighted by molar-refractivity contribution is 0.458. The fourth-order valence-electron chi connectivity index (χ4n) is 1.28. The topological polar surface area (TPSA) is 41.6 Å². The van der Waals surface area contributed by atoms with Crippen molar-refractivity contribution in [2.45, 2.75) is 25.8 Å². The van der Waals surface area contributed by atoms with Crippen LogP contribution in [0, 0.1) is 0 Å². The second-order valence-corrected chi connectivity index (χ2v) is 4.14. The van der Waals surface area contributed by atoms with E-state index in [9.17, 15) is 4.39 Å². The van der Waals surface area contributed by atoms with Crippen molar-refractivity contribution >= 4 is 16.8 Å². The van der Waals surface area contributed by atoms with Gasteiger partial charge in [0, 0.05) is 7.05 Å². The Labute approximate surface area is 106 Å². The van der Waals surface area contributed by atoms with Crippen molar-refractivity contribution in [2.75, 3.05) is 7.05 Å². The maximum absolute atomic E-state index is 13.0. The molecule has 1 aliphatic rings. The molecule has 0 bridgehead atoms. The van der Waals surface area contributed by atoms with E-state index in [0.29, 0.717) is 11.6 Å². The van der Waals surface area contributed by atoms with Gasteiger partial charge in [0.1, 0.15) is 11.0 Å². The van der Waals surface area contributed by atoms with Crippen molar-refractivity contribution in [1.29, 1.82) is 0 Å². The first kappa shape index (κ1) is 13.9. The fourth-order valence-corrected chi connectivity index (χ4v) is 1.54. The van der Waals surface area contributed by atoms with Gasteiger partial charge in [0.25, 0.3) is 0 Å². The zero-order valence-corrected chi connectivity index (χ0v) is 10.8. The van der Waals surface area contributed by atoms with Gasteiger partial charge >= 0.3 is 0 Å². The molecule has 0 spiro atoms. The van der Waals surface area contributed by atoms with Gasteiger partial charge in [-0.05, 0) is 31.1 Å². The van der Waals surface area contributed by atoms with Crippen molar-refractivity contribution in [3.8, 4) is 0 Å². The van der Waals surface area contributed by atoms with Crippen LogP contribution in [0.4, 0.5) is 4.39 Å². The Hall–Kier alpha value is -1.13. The summed E-state index contributed by atoms with van der Waals surface area (Å²) in [6, 6.07) is -0.260. The Morgan fingerprint density at radius 3 is 2.94 bits per heavy atom. The summed E-state index contributed by atoms with van der Waals surface area (Å²) in [4.78, 5) is 0. The third-order valence-electron chi connectivity index (χ3n) is 2.42. The summed E-state index contributed by atoms with van der Waals surface area (Å²) >= 11 is 5.96.